The molecule has 30 heavy (non-hydrogen) atoms. The van der Waals surface area contributed by atoms with Crippen LogP contribution in [0, 0.1) is 0 Å². The Labute approximate surface area is 182 Å². The van der Waals surface area contributed by atoms with Gasteiger partial charge in [-0.25, -0.2) is 8.42 Å². The molecule has 0 radical (unpaired) electrons. The number of aromatic nitrogens is 2. The molecular weight excluding hydrogens is 426 g/mol. The Balaban J connectivity index is 1.79. The summed E-state index contributed by atoms with van der Waals surface area (Å²) in [4.78, 5) is 14.7. The van der Waals surface area contributed by atoms with Gasteiger partial charge in [-0.3, -0.25) is 9.48 Å². The molecule has 1 aliphatic rings. The Bertz CT molecular complexity index is 967. The van der Waals surface area contributed by atoms with Crippen molar-refractivity contribution in [1.82, 2.24) is 19.4 Å². The van der Waals surface area contributed by atoms with Crippen molar-refractivity contribution in [3.8, 4) is 0 Å². The molecule has 0 saturated carbocycles. The van der Waals surface area contributed by atoms with Crippen LogP contribution in [0.15, 0.2) is 35.5 Å². The van der Waals surface area contributed by atoms with Crippen molar-refractivity contribution in [3.05, 3.63) is 41.0 Å². The highest BCUT2D eigenvalue weighted by molar-refractivity contribution is 7.89. The first-order valence-corrected chi connectivity index (χ1v) is 12.0. The number of aryl methyl sites for hydroxylation is 1. The van der Waals surface area contributed by atoms with E-state index in [1.54, 1.807) is 0 Å². The summed E-state index contributed by atoms with van der Waals surface area (Å²) in [5.74, 6) is -0.405. The minimum Gasteiger partial charge on any atom is -0.369 e. The van der Waals surface area contributed by atoms with E-state index in [4.69, 9.17) is 11.6 Å². The molecule has 1 aliphatic heterocycles. The Morgan fingerprint density at radius 1 is 1.10 bits per heavy atom. The average molecular weight is 454 g/mol. The van der Waals surface area contributed by atoms with Gasteiger partial charge in [0, 0.05) is 56.2 Å². The second-order valence-corrected chi connectivity index (χ2v) is 9.52. The van der Waals surface area contributed by atoms with Crippen LogP contribution in [0.4, 0.5) is 5.69 Å². The summed E-state index contributed by atoms with van der Waals surface area (Å²) >= 11 is 5.95. The van der Waals surface area contributed by atoms with Gasteiger partial charge in [-0.1, -0.05) is 25.4 Å². The van der Waals surface area contributed by atoms with Crippen molar-refractivity contribution in [3.63, 3.8) is 0 Å². The molecule has 164 valence electrons. The van der Waals surface area contributed by atoms with E-state index in [2.05, 4.69) is 15.3 Å². The van der Waals surface area contributed by atoms with E-state index in [1.807, 2.05) is 38.1 Å². The maximum atomic E-state index is 13.3. The van der Waals surface area contributed by atoms with Crippen LogP contribution in [0.25, 0.3) is 0 Å². The standard InChI is InChI=1S/C20H28ClN5O3S/c1-3-9-22-19(27)18-15-25(10-4-2)23-20(18)30(28,29)26-13-11-24(12-14-26)17-7-5-16(21)6-8-17/h5-8,15H,3-4,9-14H2,1-2H3,(H,22,27). The molecule has 0 bridgehead atoms. The summed E-state index contributed by atoms with van der Waals surface area (Å²) in [5.41, 5.74) is 1.11. The van der Waals surface area contributed by atoms with E-state index < -0.39 is 15.9 Å². The van der Waals surface area contributed by atoms with Crippen LogP contribution in [-0.4, -0.2) is 61.1 Å². The Hall–Kier alpha value is -2.10. The van der Waals surface area contributed by atoms with Gasteiger partial charge in [-0.15, -0.1) is 0 Å². The third-order valence-electron chi connectivity index (χ3n) is 4.98. The third-order valence-corrected chi connectivity index (χ3v) is 7.06. The molecule has 1 fully saturated rings. The molecule has 0 atom stereocenters. The second kappa shape index (κ2) is 9.80. The third kappa shape index (κ3) is 4.96. The largest absolute Gasteiger partial charge is 0.369 e. The lowest BCUT2D eigenvalue weighted by Crippen LogP contribution is -2.49. The molecular formula is C20H28ClN5O3S. The zero-order chi connectivity index (χ0) is 21.7. The van der Waals surface area contributed by atoms with E-state index >= 15 is 0 Å². The van der Waals surface area contributed by atoms with Crippen LogP contribution >= 0.6 is 11.6 Å². The number of hydrogen-bond acceptors (Lipinski definition) is 5. The van der Waals surface area contributed by atoms with Crippen molar-refractivity contribution in [2.24, 2.45) is 0 Å². The molecule has 0 unspecified atom stereocenters. The van der Waals surface area contributed by atoms with E-state index in [0.29, 0.717) is 44.3 Å². The first kappa shape index (κ1) is 22.6. The number of hydrogen-bond donors (Lipinski definition) is 1. The fraction of sp³-hybridized carbons (Fsp3) is 0.500. The number of halogens is 1. The van der Waals surface area contributed by atoms with Crippen LogP contribution in [-0.2, 0) is 16.6 Å². The number of anilines is 1. The molecule has 10 heteroatoms. The molecule has 2 aromatic rings. The van der Waals surface area contributed by atoms with Gasteiger partial charge in [0.25, 0.3) is 15.9 Å². The lowest BCUT2D eigenvalue weighted by molar-refractivity contribution is 0.0950. The maximum Gasteiger partial charge on any atom is 0.263 e. The van der Waals surface area contributed by atoms with E-state index in [9.17, 15) is 13.2 Å². The fourth-order valence-corrected chi connectivity index (χ4v) is 5.03. The fourth-order valence-electron chi connectivity index (χ4n) is 3.39. The summed E-state index contributed by atoms with van der Waals surface area (Å²) < 4.78 is 29.6. The predicted molar refractivity (Wildman–Crippen MR) is 118 cm³/mol. The molecule has 0 aliphatic carbocycles. The smallest absolute Gasteiger partial charge is 0.263 e. The number of piperazine rings is 1. The average Bonchev–Trinajstić information content (AvgIpc) is 3.18. The van der Waals surface area contributed by atoms with E-state index in [1.165, 1.54) is 15.2 Å². The summed E-state index contributed by atoms with van der Waals surface area (Å²) in [7, 11) is -3.88. The molecule has 8 nitrogen and oxygen atoms in total. The van der Waals surface area contributed by atoms with Crippen molar-refractivity contribution in [2.45, 2.75) is 38.3 Å². The highest BCUT2D eigenvalue weighted by Crippen LogP contribution is 2.24. The first-order valence-electron chi connectivity index (χ1n) is 10.2. The molecule has 1 saturated heterocycles. The van der Waals surface area contributed by atoms with Crippen molar-refractivity contribution >= 4 is 33.2 Å². The number of carbonyl (C=O) groups is 1. The number of nitrogens with zero attached hydrogens (tertiary/aromatic N) is 4. The minimum atomic E-state index is -3.88. The highest BCUT2D eigenvalue weighted by atomic mass is 35.5. The van der Waals surface area contributed by atoms with Crippen molar-refractivity contribution < 1.29 is 13.2 Å². The van der Waals surface area contributed by atoms with Crippen LogP contribution in [0.2, 0.25) is 5.02 Å². The summed E-state index contributed by atoms with van der Waals surface area (Å²) in [6.07, 6.45) is 3.09. The molecule has 1 N–H and O–H groups in total. The van der Waals surface area contributed by atoms with Crippen LogP contribution in [0.1, 0.15) is 37.0 Å². The molecule has 0 spiro atoms. The van der Waals surface area contributed by atoms with Gasteiger partial charge in [0.2, 0.25) is 5.03 Å². The van der Waals surface area contributed by atoms with Crippen LogP contribution < -0.4 is 10.2 Å². The van der Waals surface area contributed by atoms with Crippen LogP contribution in [0.3, 0.4) is 0 Å². The SMILES string of the molecule is CCCNC(=O)c1cn(CCC)nc1S(=O)(=O)N1CCN(c2ccc(Cl)cc2)CC1. The number of carbonyl (C=O) groups excluding carboxylic acids is 1. The molecule has 3 rings (SSSR count). The zero-order valence-electron chi connectivity index (χ0n) is 17.3. The monoisotopic (exact) mass is 453 g/mol. The van der Waals surface area contributed by atoms with Crippen molar-refractivity contribution in [2.75, 3.05) is 37.6 Å². The normalized spacial score (nSPS) is 15.4. The summed E-state index contributed by atoms with van der Waals surface area (Å²) in [6, 6.07) is 7.49. The van der Waals surface area contributed by atoms with Crippen molar-refractivity contribution in [1.29, 1.82) is 0 Å². The summed E-state index contributed by atoms with van der Waals surface area (Å²) in [5, 5.41) is 7.52. The van der Waals surface area contributed by atoms with E-state index in [-0.39, 0.29) is 10.6 Å². The Kier molecular flexibility index (Phi) is 7.38. The first-order chi connectivity index (χ1) is 14.4. The quantitative estimate of drug-likeness (QED) is 0.663. The van der Waals surface area contributed by atoms with Crippen LogP contribution in [0.5, 0.6) is 0 Å². The number of sulfonamides is 1. The number of benzene rings is 1. The molecule has 1 amide bonds. The van der Waals surface area contributed by atoms with Gasteiger partial charge in [-0.05, 0) is 37.1 Å². The molecule has 2 heterocycles. The topological polar surface area (TPSA) is 87.5 Å². The minimum absolute atomic E-state index is 0.108. The molecule has 1 aromatic carbocycles. The van der Waals surface area contributed by atoms with Gasteiger partial charge >= 0.3 is 0 Å². The van der Waals surface area contributed by atoms with Gasteiger partial charge in [0.1, 0.15) is 0 Å². The van der Waals surface area contributed by atoms with E-state index in [0.717, 1.165) is 18.5 Å². The van der Waals surface area contributed by atoms with Gasteiger partial charge in [0.05, 0.1) is 5.56 Å². The maximum absolute atomic E-state index is 13.3. The molecule has 1 aromatic heterocycles. The van der Waals surface area contributed by atoms with Gasteiger partial charge < -0.3 is 10.2 Å². The second-order valence-electron chi connectivity index (χ2n) is 7.23. The summed E-state index contributed by atoms with van der Waals surface area (Å²) in [6.45, 7) is 6.69. The Morgan fingerprint density at radius 3 is 2.37 bits per heavy atom. The lowest BCUT2D eigenvalue weighted by atomic mass is 10.2. The van der Waals surface area contributed by atoms with Gasteiger partial charge in [0.15, 0.2) is 0 Å². The Morgan fingerprint density at radius 2 is 1.77 bits per heavy atom. The predicted octanol–water partition coefficient (Wildman–Crippen LogP) is 2.60. The highest BCUT2D eigenvalue weighted by Gasteiger charge is 2.34. The van der Waals surface area contributed by atoms with Gasteiger partial charge in [-0.2, -0.15) is 9.40 Å². The number of amides is 1. The lowest BCUT2D eigenvalue weighted by Gasteiger charge is -2.35. The number of rotatable bonds is 8. The number of nitrogens with one attached hydrogen (secondary N) is 1. The zero-order valence-corrected chi connectivity index (χ0v) is 18.9.